The SMILES string of the molecule is CC(C)(C)OC(=O)N1[C@H](C(=O)c2ccc(OCc3ccccc3)cc2)COC1(C)C. The molecule has 0 N–H and O–H groups in total. The minimum atomic E-state index is -0.929. The number of carbonyl (C=O) groups is 2. The molecule has 2 aromatic rings. The van der Waals surface area contributed by atoms with Crippen LogP contribution in [-0.2, 0) is 16.1 Å². The zero-order chi connectivity index (χ0) is 21.9. The van der Waals surface area contributed by atoms with Gasteiger partial charge in [-0.2, -0.15) is 0 Å². The molecule has 2 aromatic carbocycles. The van der Waals surface area contributed by atoms with Crippen LogP contribution in [0, 0.1) is 0 Å². The van der Waals surface area contributed by atoms with Crippen LogP contribution in [0.1, 0.15) is 50.5 Å². The molecule has 1 atom stereocenters. The van der Waals surface area contributed by atoms with E-state index in [9.17, 15) is 9.59 Å². The molecule has 0 radical (unpaired) electrons. The fourth-order valence-corrected chi connectivity index (χ4v) is 3.30. The van der Waals surface area contributed by atoms with Gasteiger partial charge in [-0.3, -0.25) is 9.69 Å². The van der Waals surface area contributed by atoms with Crippen molar-refractivity contribution in [2.24, 2.45) is 0 Å². The second kappa shape index (κ2) is 8.48. The molecule has 6 nitrogen and oxygen atoms in total. The zero-order valence-corrected chi connectivity index (χ0v) is 18.2. The highest BCUT2D eigenvalue weighted by atomic mass is 16.6. The molecule has 1 amide bonds. The van der Waals surface area contributed by atoms with E-state index in [4.69, 9.17) is 14.2 Å². The van der Waals surface area contributed by atoms with Gasteiger partial charge >= 0.3 is 6.09 Å². The van der Waals surface area contributed by atoms with E-state index in [2.05, 4.69) is 0 Å². The van der Waals surface area contributed by atoms with Gasteiger partial charge in [0.25, 0.3) is 0 Å². The maximum Gasteiger partial charge on any atom is 0.413 e. The van der Waals surface area contributed by atoms with Crippen LogP contribution in [0.4, 0.5) is 4.79 Å². The van der Waals surface area contributed by atoms with Crippen LogP contribution in [0.5, 0.6) is 5.75 Å². The summed E-state index contributed by atoms with van der Waals surface area (Å²) < 4.78 is 17.0. The van der Waals surface area contributed by atoms with Crippen molar-refractivity contribution in [1.82, 2.24) is 4.90 Å². The van der Waals surface area contributed by atoms with Crippen molar-refractivity contribution in [3.8, 4) is 5.75 Å². The van der Waals surface area contributed by atoms with Crippen molar-refractivity contribution in [1.29, 1.82) is 0 Å². The molecule has 0 aliphatic carbocycles. The molecule has 3 rings (SSSR count). The molecule has 1 fully saturated rings. The Morgan fingerprint density at radius 1 is 1.07 bits per heavy atom. The van der Waals surface area contributed by atoms with Gasteiger partial charge in [0.05, 0.1) is 6.61 Å². The van der Waals surface area contributed by atoms with E-state index >= 15 is 0 Å². The van der Waals surface area contributed by atoms with Crippen LogP contribution >= 0.6 is 0 Å². The minimum absolute atomic E-state index is 0.122. The van der Waals surface area contributed by atoms with Crippen molar-refractivity contribution >= 4 is 11.9 Å². The maximum atomic E-state index is 13.1. The summed E-state index contributed by atoms with van der Waals surface area (Å²) in [6.45, 7) is 9.46. The third-order valence-corrected chi connectivity index (χ3v) is 4.77. The number of nitrogens with zero attached hydrogens (tertiary/aromatic N) is 1. The Hall–Kier alpha value is -2.86. The molecule has 160 valence electrons. The summed E-state index contributed by atoms with van der Waals surface area (Å²) in [5.41, 5.74) is -0.0411. The Bertz CT molecular complexity index is 884. The standard InChI is InChI=1S/C24H29NO5/c1-23(2,3)30-22(27)25-20(16-29-24(25,4)5)21(26)18-11-13-19(14-12-18)28-15-17-9-7-6-8-10-17/h6-14,20H,15-16H2,1-5H3/t20-/m0/s1. The summed E-state index contributed by atoms with van der Waals surface area (Å²) in [5.74, 6) is 0.475. The molecular weight excluding hydrogens is 382 g/mol. The molecule has 0 saturated carbocycles. The predicted octanol–water partition coefficient (Wildman–Crippen LogP) is 4.82. The number of Topliss-reactive ketones (excluding diaryl/α,β-unsaturated/α-hetero) is 1. The first-order valence-corrected chi connectivity index (χ1v) is 10.0. The topological polar surface area (TPSA) is 65.1 Å². The van der Waals surface area contributed by atoms with E-state index in [1.165, 1.54) is 4.90 Å². The smallest absolute Gasteiger partial charge is 0.413 e. The molecule has 1 aliphatic heterocycles. The molecule has 0 aromatic heterocycles. The monoisotopic (exact) mass is 411 g/mol. The first kappa shape index (κ1) is 21.8. The van der Waals surface area contributed by atoms with Gasteiger partial charge in [0, 0.05) is 5.56 Å². The Labute approximate surface area is 177 Å². The number of carbonyl (C=O) groups excluding carboxylic acids is 2. The van der Waals surface area contributed by atoms with Gasteiger partial charge in [-0.05, 0) is 64.4 Å². The Morgan fingerprint density at radius 3 is 2.30 bits per heavy atom. The largest absolute Gasteiger partial charge is 0.489 e. The van der Waals surface area contributed by atoms with Crippen LogP contribution in [0.15, 0.2) is 54.6 Å². The van der Waals surface area contributed by atoms with Gasteiger partial charge in [0.15, 0.2) is 5.78 Å². The van der Waals surface area contributed by atoms with Crippen molar-refractivity contribution in [3.63, 3.8) is 0 Å². The second-order valence-electron chi connectivity index (χ2n) is 8.79. The molecule has 0 bridgehead atoms. The molecule has 1 saturated heterocycles. The first-order valence-electron chi connectivity index (χ1n) is 10.0. The van der Waals surface area contributed by atoms with Gasteiger partial charge in [-0.15, -0.1) is 0 Å². The fourth-order valence-electron chi connectivity index (χ4n) is 3.30. The summed E-state index contributed by atoms with van der Waals surface area (Å²) in [6, 6.07) is 16.1. The number of benzene rings is 2. The predicted molar refractivity (Wildman–Crippen MR) is 113 cm³/mol. The average molecular weight is 411 g/mol. The first-order chi connectivity index (χ1) is 14.1. The fraction of sp³-hybridized carbons (Fsp3) is 0.417. The van der Waals surface area contributed by atoms with Crippen LogP contribution < -0.4 is 4.74 Å². The lowest BCUT2D eigenvalue weighted by Crippen LogP contribution is -2.52. The van der Waals surface area contributed by atoms with E-state index < -0.39 is 23.5 Å². The van der Waals surface area contributed by atoms with Crippen molar-refractivity contribution in [2.75, 3.05) is 6.61 Å². The molecule has 1 aliphatic rings. The summed E-state index contributed by atoms with van der Waals surface area (Å²) in [7, 11) is 0. The van der Waals surface area contributed by atoms with Gasteiger partial charge in [-0.1, -0.05) is 30.3 Å². The van der Waals surface area contributed by atoms with Crippen LogP contribution in [0.3, 0.4) is 0 Å². The van der Waals surface area contributed by atoms with Crippen LogP contribution in [0.2, 0.25) is 0 Å². The Morgan fingerprint density at radius 2 is 1.70 bits per heavy atom. The van der Waals surface area contributed by atoms with Crippen LogP contribution in [0.25, 0.3) is 0 Å². The van der Waals surface area contributed by atoms with Crippen molar-refractivity contribution in [3.05, 3.63) is 65.7 Å². The quantitative estimate of drug-likeness (QED) is 0.660. The number of hydrogen-bond donors (Lipinski definition) is 0. The number of amides is 1. The Kier molecular flexibility index (Phi) is 6.17. The van der Waals surface area contributed by atoms with Crippen molar-refractivity contribution in [2.45, 2.75) is 58.6 Å². The number of hydrogen-bond acceptors (Lipinski definition) is 5. The van der Waals surface area contributed by atoms with Gasteiger partial charge < -0.3 is 14.2 Å². The van der Waals surface area contributed by atoms with E-state index in [0.717, 1.165) is 5.56 Å². The van der Waals surface area contributed by atoms with E-state index in [1.54, 1.807) is 58.9 Å². The molecular formula is C24H29NO5. The number of ketones is 1. The highest BCUT2D eigenvalue weighted by Gasteiger charge is 2.48. The van der Waals surface area contributed by atoms with E-state index in [-0.39, 0.29) is 12.4 Å². The normalized spacial score (nSPS) is 18.2. The summed E-state index contributed by atoms with van der Waals surface area (Å²) in [5, 5.41) is 0. The third kappa shape index (κ3) is 5.19. The Balaban J connectivity index is 1.70. The molecule has 0 unspecified atom stereocenters. The lowest BCUT2D eigenvalue weighted by atomic mass is 10.0. The van der Waals surface area contributed by atoms with Crippen molar-refractivity contribution < 1.29 is 23.8 Å². The summed E-state index contributed by atoms with van der Waals surface area (Å²) in [4.78, 5) is 27.3. The highest BCUT2D eigenvalue weighted by Crippen LogP contribution is 2.31. The second-order valence-corrected chi connectivity index (χ2v) is 8.79. The lowest BCUT2D eigenvalue weighted by Gasteiger charge is -2.34. The molecule has 0 spiro atoms. The molecule has 30 heavy (non-hydrogen) atoms. The average Bonchev–Trinajstić information content (AvgIpc) is 3.01. The molecule has 6 heteroatoms. The van der Waals surface area contributed by atoms with E-state index in [0.29, 0.717) is 17.9 Å². The number of rotatable bonds is 5. The highest BCUT2D eigenvalue weighted by molar-refractivity contribution is 6.02. The third-order valence-electron chi connectivity index (χ3n) is 4.77. The summed E-state index contributed by atoms with van der Waals surface area (Å²) >= 11 is 0. The van der Waals surface area contributed by atoms with Gasteiger partial charge in [-0.25, -0.2) is 4.79 Å². The van der Waals surface area contributed by atoms with Gasteiger partial charge in [0.2, 0.25) is 0 Å². The lowest BCUT2D eigenvalue weighted by molar-refractivity contribution is -0.0615. The number of ether oxygens (including phenoxy) is 3. The zero-order valence-electron chi connectivity index (χ0n) is 18.2. The van der Waals surface area contributed by atoms with E-state index in [1.807, 2.05) is 30.3 Å². The van der Waals surface area contributed by atoms with Crippen LogP contribution in [-0.4, -0.2) is 40.8 Å². The summed E-state index contributed by atoms with van der Waals surface area (Å²) in [6.07, 6.45) is -0.564. The molecule has 1 heterocycles. The minimum Gasteiger partial charge on any atom is -0.489 e. The van der Waals surface area contributed by atoms with Gasteiger partial charge in [0.1, 0.15) is 29.7 Å². The maximum absolute atomic E-state index is 13.1.